The van der Waals surface area contributed by atoms with E-state index in [1.165, 1.54) is 17.4 Å². The van der Waals surface area contributed by atoms with Crippen molar-refractivity contribution in [2.45, 2.75) is 11.0 Å². The molecule has 1 heterocycles. The highest BCUT2D eigenvalue weighted by atomic mass is 32.2. The molecule has 1 atom stereocenters. The van der Waals surface area contributed by atoms with Gasteiger partial charge in [-0.1, -0.05) is 11.8 Å². The lowest BCUT2D eigenvalue weighted by atomic mass is 10.1. The smallest absolute Gasteiger partial charge is 0.143 e. The fraction of sp³-hybridized carbons (Fsp3) is 0.143. The van der Waals surface area contributed by atoms with Crippen LogP contribution in [-0.4, -0.2) is 11.4 Å². The lowest BCUT2D eigenvalue weighted by molar-refractivity contribution is 0.237. The predicted molar refractivity (Wildman–Crippen MR) is 68.8 cm³/mol. The minimum atomic E-state index is -0.797. The summed E-state index contributed by atoms with van der Waals surface area (Å²) in [5.74, 6) is 5.71. The summed E-state index contributed by atoms with van der Waals surface area (Å²) in [4.78, 5) is 1.20. The number of hydrogen-bond donors (Lipinski definition) is 1. The van der Waals surface area contributed by atoms with Crippen LogP contribution in [0.5, 0.6) is 0 Å². The van der Waals surface area contributed by atoms with E-state index in [2.05, 4.69) is 11.8 Å². The first-order valence-corrected chi connectivity index (χ1v) is 6.38. The minimum absolute atomic E-state index is 0.679. The molecule has 0 bridgehead atoms. The second kappa shape index (κ2) is 5.62. The maximum atomic E-state index is 9.73. The third-order valence-corrected chi connectivity index (χ3v) is 3.05. The summed E-state index contributed by atoms with van der Waals surface area (Å²) in [7, 11) is 0. The molecule has 0 aliphatic rings. The van der Waals surface area contributed by atoms with Crippen LogP contribution in [0.25, 0.3) is 0 Å². The summed E-state index contributed by atoms with van der Waals surface area (Å²) in [6, 6.07) is 9.62. The fourth-order valence-corrected chi connectivity index (χ4v) is 1.75. The molecule has 0 fully saturated rings. The second-order valence-electron chi connectivity index (χ2n) is 3.46. The van der Waals surface area contributed by atoms with Gasteiger partial charge >= 0.3 is 0 Å². The van der Waals surface area contributed by atoms with Crippen LogP contribution >= 0.6 is 11.8 Å². The normalized spacial score (nSPS) is 11.6. The molecule has 1 N–H and O–H groups in total. The van der Waals surface area contributed by atoms with Gasteiger partial charge in [0, 0.05) is 16.0 Å². The molecule has 17 heavy (non-hydrogen) atoms. The first-order valence-electron chi connectivity index (χ1n) is 5.15. The zero-order chi connectivity index (χ0) is 12.1. The largest absolute Gasteiger partial charge is 0.472 e. The SMILES string of the molecule is CSc1ccc(C#C[C@@H](O)c2ccoc2)cc1. The van der Waals surface area contributed by atoms with Gasteiger partial charge in [0.25, 0.3) is 0 Å². The van der Waals surface area contributed by atoms with Crippen molar-refractivity contribution in [2.24, 2.45) is 0 Å². The van der Waals surface area contributed by atoms with Crippen LogP contribution in [0, 0.1) is 11.8 Å². The predicted octanol–water partition coefficient (Wildman–Crippen LogP) is 3.09. The Morgan fingerprint density at radius 3 is 2.59 bits per heavy atom. The number of furan rings is 1. The van der Waals surface area contributed by atoms with Crippen LogP contribution in [0.15, 0.2) is 52.2 Å². The third kappa shape index (κ3) is 3.16. The van der Waals surface area contributed by atoms with Gasteiger partial charge < -0.3 is 9.52 Å². The van der Waals surface area contributed by atoms with Crippen LogP contribution in [0.1, 0.15) is 17.2 Å². The van der Waals surface area contributed by atoms with Gasteiger partial charge in [0.15, 0.2) is 0 Å². The molecule has 0 amide bonds. The minimum Gasteiger partial charge on any atom is -0.472 e. The Kier molecular flexibility index (Phi) is 3.92. The van der Waals surface area contributed by atoms with Crippen molar-refractivity contribution in [2.75, 3.05) is 6.26 Å². The van der Waals surface area contributed by atoms with Crippen LogP contribution in [-0.2, 0) is 0 Å². The molecule has 1 aromatic heterocycles. The zero-order valence-electron chi connectivity index (χ0n) is 9.38. The zero-order valence-corrected chi connectivity index (χ0v) is 10.2. The van der Waals surface area contributed by atoms with Crippen molar-refractivity contribution < 1.29 is 9.52 Å². The van der Waals surface area contributed by atoms with Gasteiger partial charge in [0.2, 0.25) is 0 Å². The van der Waals surface area contributed by atoms with Gasteiger partial charge in [0.1, 0.15) is 6.10 Å². The first kappa shape index (κ1) is 11.8. The summed E-state index contributed by atoms with van der Waals surface area (Å²) < 4.78 is 4.89. The summed E-state index contributed by atoms with van der Waals surface area (Å²) in [5, 5.41) is 9.73. The lowest BCUT2D eigenvalue weighted by Crippen LogP contribution is -1.90. The van der Waals surface area contributed by atoms with E-state index < -0.39 is 6.10 Å². The molecule has 2 aromatic rings. The number of thioether (sulfide) groups is 1. The average molecular weight is 244 g/mol. The molecule has 0 radical (unpaired) electrons. The molecule has 0 saturated carbocycles. The van der Waals surface area contributed by atoms with E-state index in [0.717, 1.165) is 5.56 Å². The Hall–Kier alpha value is -1.63. The number of benzene rings is 1. The maximum absolute atomic E-state index is 9.73. The standard InChI is InChI=1S/C14H12O2S/c1-17-13-5-2-11(3-6-13)4-7-14(15)12-8-9-16-10-12/h2-3,5-6,8-10,14-15H,1H3/t14-/m1/s1. The highest BCUT2D eigenvalue weighted by Crippen LogP contribution is 2.15. The molecule has 1 aromatic carbocycles. The van der Waals surface area contributed by atoms with Crippen LogP contribution in [0.2, 0.25) is 0 Å². The van der Waals surface area contributed by atoms with Crippen molar-refractivity contribution in [3.8, 4) is 11.8 Å². The molecule has 86 valence electrons. The van der Waals surface area contributed by atoms with Crippen LogP contribution < -0.4 is 0 Å². The van der Waals surface area contributed by atoms with Crippen molar-refractivity contribution >= 4 is 11.8 Å². The Labute approximate surface area is 105 Å². The molecule has 0 aliphatic carbocycles. The van der Waals surface area contributed by atoms with Crippen molar-refractivity contribution in [3.05, 3.63) is 54.0 Å². The van der Waals surface area contributed by atoms with Gasteiger partial charge in [0.05, 0.1) is 12.5 Å². The van der Waals surface area contributed by atoms with Gasteiger partial charge in [-0.3, -0.25) is 0 Å². The first-order chi connectivity index (χ1) is 8.29. The van der Waals surface area contributed by atoms with Crippen LogP contribution in [0.4, 0.5) is 0 Å². The van der Waals surface area contributed by atoms with E-state index in [4.69, 9.17) is 4.42 Å². The van der Waals surface area contributed by atoms with E-state index >= 15 is 0 Å². The Balaban J connectivity index is 2.10. The fourth-order valence-electron chi connectivity index (χ4n) is 1.34. The van der Waals surface area contributed by atoms with E-state index in [9.17, 15) is 5.11 Å². The average Bonchev–Trinajstić information content (AvgIpc) is 2.90. The summed E-state index contributed by atoms with van der Waals surface area (Å²) in [6.45, 7) is 0. The number of hydrogen-bond acceptors (Lipinski definition) is 3. The number of rotatable bonds is 2. The van der Waals surface area contributed by atoms with E-state index in [-0.39, 0.29) is 0 Å². The Bertz CT molecular complexity index is 518. The Morgan fingerprint density at radius 1 is 1.24 bits per heavy atom. The molecule has 2 nitrogen and oxygen atoms in total. The highest BCUT2D eigenvalue weighted by Gasteiger charge is 2.03. The highest BCUT2D eigenvalue weighted by molar-refractivity contribution is 7.98. The van der Waals surface area contributed by atoms with Crippen molar-refractivity contribution in [1.29, 1.82) is 0 Å². The quantitative estimate of drug-likeness (QED) is 0.651. The van der Waals surface area contributed by atoms with E-state index in [1.54, 1.807) is 17.8 Å². The van der Waals surface area contributed by atoms with Gasteiger partial charge in [-0.15, -0.1) is 11.8 Å². The second-order valence-corrected chi connectivity index (χ2v) is 4.34. The van der Waals surface area contributed by atoms with Gasteiger partial charge in [-0.05, 0) is 36.6 Å². The molecule has 0 spiro atoms. The van der Waals surface area contributed by atoms with E-state index in [0.29, 0.717) is 5.56 Å². The maximum Gasteiger partial charge on any atom is 0.143 e. The molecular weight excluding hydrogens is 232 g/mol. The molecule has 3 heteroatoms. The van der Waals surface area contributed by atoms with Crippen LogP contribution in [0.3, 0.4) is 0 Å². The summed E-state index contributed by atoms with van der Waals surface area (Å²) in [5.41, 5.74) is 1.57. The van der Waals surface area contributed by atoms with Crippen molar-refractivity contribution in [3.63, 3.8) is 0 Å². The van der Waals surface area contributed by atoms with Gasteiger partial charge in [-0.25, -0.2) is 0 Å². The number of aliphatic hydroxyl groups excluding tert-OH is 1. The third-order valence-electron chi connectivity index (χ3n) is 2.30. The molecular formula is C14H12O2S. The van der Waals surface area contributed by atoms with E-state index in [1.807, 2.05) is 30.5 Å². The van der Waals surface area contributed by atoms with Gasteiger partial charge in [-0.2, -0.15) is 0 Å². The Morgan fingerprint density at radius 2 is 2.00 bits per heavy atom. The molecule has 0 unspecified atom stereocenters. The molecule has 0 aliphatic heterocycles. The monoisotopic (exact) mass is 244 g/mol. The number of aliphatic hydroxyl groups is 1. The molecule has 0 saturated heterocycles. The molecule has 2 rings (SSSR count). The lowest BCUT2D eigenvalue weighted by Gasteiger charge is -1.97. The van der Waals surface area contributed by atoms with Crippen molar-refractivity contribution in [1.82, 2.24) is 0 Å². The topological polar surface area (TPSA) is 33.4 Å². The summed E-state index contributed by atoms with van der Waals surface area (Å²) >= 11 is 1.69. The summed E-state index contributed by atoms with van der Waals surface area (Å²) in [6.07, 6.45) is 4.25.